The maximum Gasteiger partial charge on any atom is 0.247 e. The van der Waals surface area contributed by atoms with Crippen LogP contribution >= 0.6 is 11.3 Å². The number of anilines is 3. The number of hydrogen-bond donors (Lipinski definition) is 2. The van der Waals surface area contributed by atoms with E-state index in [1.165, 1.54) is 23.0 Å². The largest absolute Gasteiger partial charge is 0.437 e. The zero-order valence-corrected chi connectivity index (χ0v) is 20.1. The number of amides is 1. The monoisotopic (exact) mass is 473 g/mol. The maximum atomic E-state index is 11.6. The summed E-state index contributed by atoms with van der Waals surface area (Å²) in [5, 5.41) is 7.98. The van der Waals surface area contributed by atoms with Crippen LogP contribution in [0.2, 0.25) is 0 Å². The number of fused-ring (bicyclic) bond motifs is 1. The lowest BCUT2D eigenvalue weighted by molar-refractivity contribution is -0.111. The van der Waals surface area contributed by atoms with E-state index in [-0.39, 0.29) is 5.91 Å². The van der Waals surface area contributed by atoms with Gasteiger partial charge in [-0.25, -0.2) is 4.98 Å². The Morgan fingerprint density at radius 1 is 1.12 bits per heavy atom. The average molecular weight is 474 g/mol. The molecule has 0 atom stereocenters. The molecule has 0 aliphatic carbocycles. The van der Waals surface area contributed by atoms with E-state index >= 15 is 0 Å². The summed E-state index contributed by atoms with van der Waals surface area (Å²) in [5.74, 6) is 1.19. The number of hydrogen-bond acceptors (Lipinski definition) is 7. The van der Waals surface area contributed by atoms with Crippen molar-refractivity contribution in [3.63, 3.8) is 0 Å². The van der Waals surface area contributed by atoms with E-state index in [0.29, 0.717) is 23.3 Å². The zero-order chi connectivity index (χ0) is 23.9. The molecular formula is C26H27N5O2S. The second kappa shape index (κ2) is 10.9. The first-order chi connectivity index (χ1) is 16.5. The van der Waals surface area contributed by atoms with Crippen molar-refractivity contribution >= 4 is 44.8 Å². The number of nitrogens with one attached hydrogen (secondary N) is 2. The van der Waals surface area contributed by atoms with Crippen LogP contribution in [0.5, 0.6) is 11.6 Å². The van der Waals surface area contributed by atoms with E-state index in [1.807, 2.05) is 29.6 Å². The first kappa shape index (κ1) is 23.4. The highest BCUT2D eigenvalue weighted by molar-refractivity contribution is 7.17. The molecule has 2 aromatic carbocycles. The molecule has 0 aliphatic heterocycles. The molecule has 0 fully saturated rings. The molecule has 7 nitrogen and oxygen atoms in total. The molecule has 0 radical (unpaired) electrons. The molecule has 2 N–H and O–H groups in total. The second-order valence-electron chi connectivity index (χ2n) is 8.04. The van der Waals surface area contributed by atoms with Crippen LogP contribution in [0.3, 0.4) is 0 Å². The van der Waals surface area contributed by atoms with Crippen molar-refractivity contribution < 1.29 is 9.53 Å². The number of carbonyl (C=O) groups excluding carboxylic acids is 1. The molecule has 1 amide bonds. The number of carbonyl (C=O) groups is 1. The minimum atomic E-state index is -0.282. The number of nitrogens with zero attached hydrogens (tertiary/aromatic N) is 3. The Bertz CT molecular complexity index is 1280. The van der Waals surface area contributed by atoms with Crippen molar-refractivity contribution in [1.82, 2.24) is 14.9 Å². The molecule has 174 valence electrons. The fraction of sp³-hybridized carbons (Fsp3) is 0.192. The number of rotatable bonds is 10. The van der Waals surface area contributed by atoms with Crippen molar-refractivity contribution in [2.24, 2.45) is 0 Å². The standard InChI is InChI=1S/C26H27N5O2S/c1-4-23(32)27-20-8-5-9-21(17-20)33-25-24-22(14-16-34-24)29-26(30-25)28-19-12-10-18(11-13-19)7-6-15-31(2)3/h4-5,8-14,16-17H,1,6-7,15H2,2-3H3,(H,27,32)(H,28,29,30). The predicted molar refractivity (Wildman–Crippen MR) is 139 cm³/mol. The Balaban J connectivity index is 1.51. The molecule has 0 aliphatic rings. The summed E-state index contributed by atoms with van der Waals surface area (Å²) in [6, 6.07) is 17.4. The van der Waals surface area contributed by atoms with Crippen LogP contribution in [0.25, 0.3) is 10.2 Å². The summed E-state index contributed by atoms with van der Waals surface area (Å²) >= 11 is 1.51. The molecule has 34 heavy (non-hydrogen) atoms. The van der Waals surface area contributed by atoms with Gasteiger partial charge in [0.05, 0.1) is 5.52 Å². The van der Waals surface area contributed by atoms with Gasteiger partial charge in [0.25, 0.3) is 0 Å². The van der Waals surface area contributed by atoms with Gasteiger partial charge in [0.2, 0.25) is 17.7 Å². The van der Waals surface area contributed by atoms with Gasteiger partial charge in [-0.05, 0) is 80.8 Å². The van der Waals surface area contributed by atoms with Gasteiger partial charge in [0, 0.05) is 17.4 Å². The lowest BCUT2D eigenvalue weighted by atomic mass is 10.1. The number of aryl methyl sites for hydroxylation is 1. The van der Waals surface area contributed by atoms with Crippen LogP contribution in [-0.4, -0.2) is 41.4 Å². The third-order valence-corrected chi connectivity index (χ3v) is 5.95. The minimum absolute atomic E-state index is 0.282. The predicted octanol–water partition coefficient (Wildman–Crippen LogP) is 5.85. The van der Waals surface area contributed by atoms with Crippen LogP contribution in [0.1, 0.15) is 12.0 Å². The summed E-state index contributed by atoms with van der Waals surface area (Å²) < 4.78 is 6.95. The van der Waals surface area contributed by atoms with Gasteiger partial charge >= 0.3 is 0 Å². The molecule has 8 heteroatoms. The summed E-state index contributed by atoms with van der Waals surface area (Å²) in [6.45, 7) is 4.55. The fourth-order valence-corrected chi connectivity index (χ4v) is 4.14. The maximum absolute atomic E-state index is 11.6. The Morgan fingerprint density at radius 2 is 1.94 bits per heavy atom. The quantitative estimate of drug-likeness (QED) is 0.282. The third-order valence-electron chi connectivity index (χ3n) is 5.05. The van der Waals surface area contributed by atoms with Gasteiger partial charge < -0.3 is 20.3 Å². The lowest BCUT2D eigenvalue weighted by Crippen LogP contribution is -2.13. The van der Waals surface area contributed by atoms with Gasteiger partial charge in [0.15, 0.2) is 0 Å². The van der Waals surface area contributed by atoms with E-state index in [9.17, 15) is 4.79 Å². The summed E-state index contributed by atoms with van der Waals surface area (Å²) in [6.07, 6.45) is 3.39. The van der Waals surface area contributed by atoms with Gasteiger partial charge in [-0.2, -0.15) is 4.98 Å². The highest BCUT2D eigenvalue weighted by atomic mass is 32.1. The average Bonchev–Trinajstić information content (AvgIpc) is 3.29. The molecule has 0 saturated carbocycles. The SMILES string of the molecule is C=CC(=O)Nc1cccc(Oc2nc(Nc3ccc(CCCN(C)C)cc3)nc3ccsc23)c1. The summed E-state index contributed by atoms with van der Waals surface area (Å²) in [4.78, 5) is 23.1. The van der Waals surface area contributed by atoms with Gasteiger partial charge in [0.1, 0.15) is 10.4 Å². The topological polar surface area (TPSA) is 79.4 Å². The summed E-state index contributed by atoms with van der Waals surface area (Å²) in [7, 11) is 4.18. The second-order valence-corrected chi connectivity index (χ2v) is 8.96. The third kappa shape index (κ3) is 6.18. The summed E-state index contributed by atoms with van der Waals surface area (Å²) in [5.41, 5.74) is 3.62. The van der Waals surface area contributed by atoms with Gasteiger partial charge in [-0.1, -0.05) is 24.8 Å². The zero-order valence-electron chi connectivity index (χ0n) is 19.2. The smallest absolute Gasteiger partial charge is 0.247 e. The van der Waals surface area contributed by atoms with Crippen LogP contribution in [0, 0.1) is 0 Å². The van der Waals surface area contributed by atoms with Gasteiger partial charge in [-0.15, -0.1) is 11.3 Å². The highest BCUT2D eigenvalue weighted by Gasteiger charge is 2.12. The highest BCUT2D eigenvalue weighted by Crippen LogP contribution is 2.33. The van der Waals surface area contributed by atoms with Crippen molar-refractivity contribution in [3.05, 3.63) is 78.2 Å². The van der Waals surface area contributed by atoms with E-state index in [1.54, 1.807) is 18.2 Å². The van der Waals surface area contributed by atoms with E-state index in [0.717, 1.165) is 35.3 Å². The van der Waals surface area contributed by atoms with Crippen LogP contribution < -0.4 is 15.4 Å². The van der Waals surface area contributed by atoms with E-state index in [2.05, 4.69) is 58.3 Å². The van der Waals surface area contributed by atoms with Gasteiger partial charge in [-0.3, -0.25) is 4.79 Å². The lowest BCUT2D eigenvalue weighted by Gasteiger charge is -2.11. The molecule has 4 rings (SSSR count). The molecule has 0 saturated heterocycles. The Labute approximate surface area is 203 Å². The van der Waals surface area contributed by atoms with Crippen molar-refractivity contribution in [1.29, 1.82) is 0 Å². The molecular weight excluding hydrogens is 446 g/mol. The number of benzene rings is 2. The molecule has 0 unspecified atom stereocenters. The molecule has 0 spiro atoms. The van der Waals surface area contributed by atoms with Crippen LogP contribution in [0.4, 0.5) is 17.3 Å². The van der Waals surface area contributed by atoms with E-state index in [4.69, 9.17) is 4.74 Å². The molecule has 2 heterocycles. The fourth-order valence-electron chi connectivity index (χ4n) is 3.39. The van der Waals surface area contributed by atoms with Crippen LogP contribution in [-0.2, 0) is 11.2 Å². The molecule has 0 bridgehead atoms. The molecule has 2 aromatic heterocycles. The normalized spacial score (nSPS) is 10.9. The Hall–Kier alpha value is -3.75. The first-order valence-electron chi connectivity index (χ1n) is 11.0. The Morgan fingerprint density at radius 3 is 2.71 bits per heavy atom. The van der Waals surface area contributed by atoms with Crippen molar-refractivity contribution in [2.75, 3.05) is 31.3 Å². The Kier molecular flexibility index (Phi) is 7.51. The van der Waals surface area contributed by atoms with Crippen molar-refractivity contribution in [2.45, 2.75) is 12.8 Å². The van der Waals surface area contributed by atoms with Crippen LogP contribution in [0.15, 0.2) is 72.6 Å². The minimum Gasteiger partial charge on any atom is -0.437 e. The van der Waals surface area contributed by atoms with E-state index < -0.39 is 0 Å². The number of aromatic nitrogens is 2. The number of ether oxygens (including phenoxy) is 1. The number of thiophene rings is 1. The van der Waals surface area contributed by atoms with Crippen molar-refractivity contribution in [3.8, 4) is 11.6 Å². The first-order valence-corrected chi connectivity index (χ1v) is 11.9. The molecule has 4 aromatic rings.